The fourth-order valence-corrected chi connectivity index (χ4v) is 3.66. The minimum absolute atomic E-state index is 0.00732. The molecule has 114 valence electrons. The molecule has 2 saturated heterocycles. The van der Waals surface area contributed by atoms with Gasteiger partial charge in [0.25, 0.3) is 0 Å². The number of nitrogens with zero attached hydrogens (tertiary/aromatic N) is 4. The molecule has 3 aliphatic rings. The number of halogens is 1. The Hall–Kier alpha value is -2.13. The van der Waals surface area contributed by atoms with Crippen LogP contribution in [-0.2, 0) is 0 Å². The topological polar surface area (TPSA) is 59.8 Å². The van der Waals surface area contributed by atoms with Crippen LogP contribution < -0.4 is 9.64 Å². The summed E-state index contributed by atoms with van der Waals surface area (Å²) in [5.74, 6) is 0.654. The number of carbonyl (C=O) groups excluding carboxylic acids is 1. The lowest BCUT2D eigenvalue weighted by Gasteiger charge is -2.59. The summed E-state index contributed by atoms with van der Waals surface area (Å²) >= 11 is 5.97. The van der Waals surface area contributed by atoms with Crippen LogP contribution in [0.4, 0.5) is 10.5 Å². The molecule has 0 radical (unpaired) electrons. The van der Waals surface area contributed by atoms with Gasteiger partial charge in [0.1, 0.15) is 12.4 Å². The zero-order chi connectivity index (χ0) is 15.3. The first-order chi connectivity index (χ1) is 10.6. The maximum atomic E-state index is 12.7. The Balaban J connectivity index is 1.46. The second-order valence-corrected chi connectivity index (χ2v) is 6.64. The molecule has 1 spiro atoms. The van der Waals surface area contributed by atoms with Crippen LogP contribution in [0.3, 0.4) is 0 Å². The van der Waals surface area contributed by atoms with Crippen LogP contribution in [0.15, 0.2) is 18.2 Å². The molecule has 0 N–H and O–H groups in total. The quantitative estimate of drug-likeness (QED) is 0.684. The molecule has 1 aromatic rings. The number of anilines is 1. The number of fused-ring (bicyclic) bond motifs is 1. The van der Waals surface area contributed by atoms with Crippen LogP contribution in [0.5, 0.6) is 5.75 Å². The number of hydrogen-bond acceptors (Lipinski definition) is 4. The number of carbonyl (C=O) groups is 1. The number of likely N-dealkylation sites (tertiary alicyclic amines) is 2. The summed E-state index contributed by atoms with van der Waals surface area (Å²) in [5, 5.41) is 9.41. The monoisotopic (exact) mass is 318 g/mol. The van der Waals surface area contributed by atoms with Crippen LogP contribution in [0.2, 0.25) is 5.02 Å². The highest BCUT2D eigenvalue weighted by Gasteiger charge is 2.54. The highest BCUT2D eigenvalue weighted by atomic mass is 35.5. The number of nitriles is 1. The van der Waals surface area contributed by atoms with Crippen molar-refractivity contribution in [2.24, 2.45) is 5.41 Å². The molecule has 3 heterocycles. The van der Waals surface area contributed by atoms with E-state index in [0.29, 0.717) is 23.9 Å². The van der Waals surface area contributed by atoms with Gasteiger partial charge in [-0.1, -0.05) is 11.6 Å². The van der Waals surface area contributed by atoms with Gasteiger partial charge in [-0.15, -0.1) is 0 Å². The van der Waals surface area contributed by atoms with E-state index in [-0.39, 0.29) is 11.4 Å². The molecule has 22 heavy (non-hydrogen) atoms. The van der Waals surface area contributed by atoms with Gasteiger partial charge in [-0.05, 0) is 12.1 Å². The normalized spacial score (nSPS) is 21.4. The Morgan fingerprint density at radius 2 is 2.09 bits per heavy atom. The van der Waals surface area contributed by atoms with Crippen LogP contribution >= 0.6 is 11.6 Å². The van der Waals surface area contributed by atoms with E-state index in [0.717, 1.165) is 31.9 Å². The fraction of sp³-hybridized carbons (Fsp3) is 0.467. The Labute approximate surface area is 133 Å². The van der Waals surface area contributed by atoms with Crippen LogP contribution in [0, 0.1) is 16.9 Å². The first kappa shape index (κ1) is 13.5. The molecule has 0 saturated carbocycles. The summed E-state index contributed by atoms with van der Waals surface area (Å²) in [6, 6.07) is 5.34. The van der Waals surface area contributed by atoms with Gasteiger partial charge in [0.15, 0.2) is 6.19 Å². The molecule has 4 rings (SSSR count). The zero-order valence-electron chi connectivity index (χ0n) is 12.0. The summed E-state index contributed by atoms with van der Waals surface area (Å²) < 4.78 is 5.58. The highest BCUT2D eigenvalue weighted by Crippen LogP contribution is 2.41. The molecule has 0 unspecified atom stereocenters. The van der Waals surface area contributed by atoms with E-state index in [1.165, 1.54) is 0 Å². The Morgan fingerprint density at radius 3 is 2.82 bits per heavy atom. The lowest BCUT2D eigenvalue weighted by Crippen LogP contribution is -2.73. The van der Waals surface area contributed by atoms with Gasteiger partial charge in [-0.3, -0.25) is 4.90 Å². The third-order valence-electron chi connectivity index (χ3n) is 4.53. The van der Waals surface area contributed by atoms with E-state index in [9.17, 15) is 4.79 Å². The average molecular weight is 319 g/mol. The summed E-state index contributed by atoms with van der Waals surface area (Å²) in [7, 11) is 0. The number of hydrogen-bond donors (Lipinski definition) is 0. The number of rotatable bonds is 0. The molecule has 6 nitrogen and oxygen atoms in total. The number of amides is 2. The fourth-order valence-electron chi connectivity index (χ4n) is 3.50. The maximum Gasteiger partial charge on any atom is 0.324 e. The standard InChI is InChI=1S/C15H15ClN4O2/c16-11-1-2-12-13(5-11)22-4-3-20(12)14(21)19-8-15(9-19)6-18(7-15)10-17/h1-2,5H,3-4,6-9H2. The molecule has 7 heteroatoms. The molecule has 2 amide bonds. The minimum Gasteiger partial charge on any atom is -0.489 e. The van der Waals surface area contributed by atoms with E-state index >= 15 is 0 Å². The minimum atomic E-state index is 0.00732. The van der Waals surface area contributed by atoms with Gasteiger partial charge in [0, 0.05) is 42.7 Å². The van der Waals surface area contributed by atoms with Gasteiger partial charge in [-0.2, -0.15) is 5.26 Å². The van der Waals surface area contributed by atoms with Gasteiger partial charge in [0.2, 0.25) is 0 Å². The molecule has 3 aliphatic heterocycles. The highest BCUT2D eigenvalue weighted by molar-refractivity contribution is 6.30. The molecular weight excluding hydrogens is 304 g/mol. The van der Waals surface area contributed by atoms with E-state index in [2.05, 4.69) is 6.19 Å². The second kappa shape index (κ2) is 4.68. The summed E-state index contributed by atoms with van der Waals surface area (Å²) in [6.07, 6.45) is 2.14. The predicted molar refractivity (Wildman–Crippen MR) is 80.9 cm³/mol. The second-order valence-electron chi connectivity index (χ2n) is 6.21. The first-order valence-electron chi connectivity index (χ1n) is 7.24. The molecule has 2 fully saturated rings. The third kappa shape index (κ3) is 1.97. The molecular formula is C15H15ClN4O2. The van der Waals surface area contributed by atoms with E-state index in [4.69, 9.17) is 21.6 Å². The Bertz CT molecular complexity index is 673. The molecule has 1 aromatic carbocycles. The third-order valence-corrected chi connectivity index (χ3v) is 4.77. The van der Waals surface area contributed by atoms with Gasteiger partial charge in [0.05, 0.1) is 12.2 Å². The van der Waals surface area contributed by atoms with Gasteiger partial charge < -0.3 is 14.5 Å². The Morgan fingerprint density at radius 1 is 1.32 bits per heavy atom. The van der Waals surface area contributed by atoms with Crippen molar-refractivity contribution in [3.8, 4) is 11.9 Å². The Kier molecular flexibility index (Phi) is 2.88. The van der Waals surface area contributed by atoms with Crippen molar-refractivity contribution in [3.05, 3.63) is 23.2 Å². The molecule has 0 aliphatic carbocycles. The molecule has 0 atom stereocenters. The SMILES string of the molecule is N#CN1CC2(C1)CN(C(=O)N1CCOc3cc(Cl)ccc31)C2. The number of urea groups is 1. The summed E-state index contributed by atoms with van der Waals surface area (Å²) in [4.78, 5) is 18.0. The lowest BCUT2D eigenvalue weighted by molar-refractivity contribution is -0.0681. The number of ether oxygens (including phenoxy) is 1. The summed E-state index contributed by atoms with van der Waals surface area (Å²) in [5.41, 5.74) is 0.911. The average Bonchev–Trinajstić information content (AvgIpc) is 2.43. The van der Waals surface area contributed by atoms with Gasteiger partial charge >= 0.3 is 6.03 Å². The van der Waals surface area contributed by atoms with Crippen molar-refractivity contribution >= 4 is 23.3 Å². The van der Waals surface area contributed by atoms with Crippen LogP contribution in [0.1, 0.15) is 0 Å². The van der Waals surface area contributed by atoms with Gasteiger partial charge in [-0.25, -0.2) is 4.79 Å². The van der Waals surface area contributed by atoms with E-state index < -0.39 is 0 Å². The van der Waals surface area contributed by atoms with Crippen molar-refractivity contribution in [2.45, 2.75) is 0 Å². The number of benzene rings is 1. The zero-order valence-corrected chi connectivity index (χ0v) is 12.7. The lowest BCUT2D eigenvalue weighted by atomic mass is 9.73. The van der Waals surface area contributed by atoms with Crippen molar-refractivity contribution in [1.29, 1.82) is 5.26 Å². The molecule has 0 bridgehead atoms. The smallest absolute Gasteiger partial charge is 0.324 e. The van der Waals surface area contributed by atoms with Crippen LogP contribution in [-0.4, -0.2) is 55.2 Å². The van der Waals surface area contributed by atoms with Crippen molar-refractivity contribution < 1.29 is 9.53 Å². The van der Waals surface area contributed by atoms with Crippen molar-refractivity contribution in [3.63, 3.8) is 0 Å². The molecule has 0 aromatic heterocycles. The largest absolute Gasteiger partial charge is 0.489 e. The van der Waals surface area contributed by atoms with Crippen molar-refractivity contribution in [1.82, 2.24) is 9.80 Å². The maximum absolute atomic E-state index is 12.7. The van der Waals surface area contributed by atoms with E-state index in [1.54, 1.807) is 21.9 Å². The summed E-state index contributed by atoms with van der Waals surface area (Å²) in [6.45, 7) is 4.00. The first-order valence-corrected chi connectivity index (χ1v) is 7.62. The predicted octanol–water partition coefficient (Wildman–Crippen LogP) is 1.76. The van der Waals surface area contributed by atoms with Crippen LogP contribution in [0.25, 0.3) is 0 Å². The van der Waals surface area contributed by atoms with E-state index in [1.807, 2.05) is 11.0 Å². The van der Waals surface area contributed by atoms with Crippen molar-refractivity contribution in [2.75, 3.05) is 44.2 Å².